The summed E-state index contributed by atoms with van der Waals surface area (Å²) in [5, 5.41) is 14.1. The predicted octanol–water partition coefficient (Wildman–Crippen LogP) is 3.98. The summed E-state index contributed by atoms with van der Waals surface area (Å²) >= 11 is 1.29. The zero-order valence-electron chi connectivity index (χ0n) is 17.5. The lowest BCUT2D eigenvalue weighted by atomic mass is 10.1. The molecule has 162 valence electrons. The van der Waals surface area contributed by atoms with E-state index in [1.165, 1.54) is 11.8 Å². The molecule has 0 atom stereocenters. The van der Waals surface area contributed by atoms with Crippen LogP contribution in [0.2, 0.25) is 0 Å². The van der Waals surface area contributed by atoms with Gasteiger partial charge in [-0.15, -0.1) is 10.2 Å². The molecule has 3 aromatic rings. The Kier molecular flexibility index (Phi) is 8.05. The van der Waals surface area contributed by atoms with E-state index in [1.54, 1.807) is 41.2 Å². The first-order chi connectivity index (χ1) is 15.1. The van der Waals surface area contributed by atoms with Crippen molar-refractivity contribution in [2.75, 3.05) is 23.0 Å². The minimum absolute atomic E-state index is 0.186. The monoisotopic (exact) mass is 439 g/mol. The van der Waals surface area contributed by atoms with Gasteiger partial charge in [-0.2, -0.15) is 0 Å². The maximum Gasteiger partial charge on any atom is 0.255 e. The number of nitrogens with one attached hydrogen (secondary N) is 2. The molecule has 9 heteroatoms. The fourth-order valence-corrected chi connectivity index (χ4v) is 3.37. The second-order valence-corrected chi connectivity index (χ2v) is 7.74. The predicted molar refractivity (Wildman–Crippen MR) is 122 cm³/mol. The summed E-state index contributed by atoms with van der Waals surface area (Å²) in [7, 11) is 1.81. The average molecular weight is 440 g/mol. The van der Waals surface area contributed by atoms with E-state index in [0.29, 0.717) is 34.5 Å². The van der Waals surface area contributed by atoms with E-state index in [9.17, 15) is 9.59 Å². The van der Waals surface area contributed by atoms with Crippen molar-refractivity contribution in [3.05, 3.63) is 60.4 Å². The fourth-order valence-electron chi connectivity index (χ4n) is 2.69. The highest BCUT2D eigenvalue weighted by atomic mass is 32.2. The molecule has 0 spiro atoms. The van der Waals surface area contributed by atoms with Gasteiger partial charge >= 0.3 is 0 Å². The maximum absolute atomic E-state index is 12.8. The molecule has 0 radical (unpaired) electrons. The number of anilines is 2. The molecule has 0 unspecified atom stereocenters. The number of nitrogens with zero attached hydrogens (tertiary/aromatic N) is 3. The van der Waals surface area contributed by atoms with Gasteiger partial charge < -0.3 is 19.9 Å². The second kappa shape index (κ2) is 11.2. The molecule has 2 amide bonds. The Balaban J connectivity index is 1.60. The summed E-state index contributed by atoms with van der Waals surface area (Å²) in [6.07, 6.45) is 3.55. The lowest BCUT2D eigenvalue weighted by Gasteiger charge is -2.13. The first-order valence-corrected chi connectivity index (χ1v) is 10.9. The van der Waals surface area contributed by atoms with Gasteiger partial charge in [-0.3, -0.25) is 9.59 Å². The SMILES string of the molecule is CCCCOc1ccccc1NC(=O)c1cccc(NC(=O)CSc2nncn2C)c1. The molecule has 0 saturated heterocycles. The molecule has 1 aromatic heterocycles. The van der Waals surface area contributed by atoms with Gasteiger partial charge in [-0.25, -0.2) is 0 Å². The average Bonchev–Trinajstić information content (AvgIpc) is 3.18. The van der Waals surface area contributed by atoms with Crippen molar-refractivity contribution in [1.82, 2.24) is 14.8 Å². The Morgan fingerprint density at radius 1 is 1.13 bits per heavy atom. The van der Waals surface area contributed by atoms with Gasteiger partial charge in [0, 0.05) is 18.3 Å². The fraction of sp³-hybridized carbons (Fsp3) is 0.273. The number of amides is 2. The van der Waals surface area contributed by atoms with E-state index in [2.05, 4.69) is 27.8 Å². The van der Waals surface area contributed by atoms with Crippen LogP contribution in [0.4, 0.5) is 11.4 Å². The highest BCUT2D eigenvalue weighted by Gasteiger charge is 2.12. The molecule has 0 aliphatic carbocycles. The smallest absolute Gasteiger partial charge is 0.255 e. The number of carbonyl (C=O) groups is 2. The number of aromatic nitrogens is 3. The van der Waals surface area contributed by atoms with Gasteiger partial charge in [0.1, 0.15) is 12.1 Å². The zero-order chi connectivity index (χ0) is 22.1. The van der Waals surface area contributed by atoms with Crippen LogP contribution in [0.1, 0.15) is 30.1 Å². The number of rotatable bonds is 10. The standard InChI is InChI=1S/C22H25N5O3S/c1-3-4-12-30-19-11-6-5-10-18(19)25-21(29)16-8-7-9-17(13-16)24-20(28)14-31-22-26-23-15-27(22)2/h5-11,13,15H,3-4,12,14H2,1-2H3,(H,24,28)(H,25,29). The number of ether oxygens (including phenoxy) is 1. The largest absolute Gasteiger partial charge is 0.491 e. The number of aryl methyl sites for hydroxylation is 1. The normalized spacial score (nSPS) is 10.5. The molecule has 0 fully saturated rings. The van der Waals surface area contributed by atoms with Crippen LogP contribution in [-0.2, 0) is 11.8 Å². The summed E-state index contributed by atoms with van der Waals surface area (Å²) < 4.78 is 7.51. The Hall–Kier alpha value is -3.33. The summed E-state index contributed by atoms with van der Waals surface area (Å²) in [5.41, 5.74) is 1.59. The summed E-state index contributed by atoms with van der Waals surface area (Å²) in [4.78, 5) is 25.0. The molecule has 1 heterocycles. The van der Waals surface area contributed by atoms with Crippen LogP contribution in [0.25, 0.3) is 0 Å². The van der Waals surface area contributed by atoms with E-state index in [-0.39, 0.29) is 17.6 Å². The van der Waals surface area contributed by atoms with Crippen molar-refractivity contribution >= 4 is 35.0 Å². The van der Waals surface area contributed by atoms with Crippen LogP contribution >= 0.6 is 11.8 Å². The highest BCUT2D eigenvalue weighted by Crippen LogP contribution is 2.25. The molecular weight excluding hydrogens is 414 g/mol. The number of benzene rings is 2. The van der Waals surface area contributed by atoms with Crippen LogP contribution in [0.3, 0.4) is 0 Å². The van der Waals surface area contributed by atoms with Gasteiger partial charge in [-0.1, -0.05) is 43.3 Å². The van der Waals surface area contributed by atoms with E-state index >= 15 is 0 Å². The minimum atomic E-state index is -0.281. The molecule has 2 N–H and O–H groups in total. The number of hydrogen-bond acceptors (Lipinski definition) is 6. The van der Waals surface area contributed by atoms with Crippen molar-refractivity contribution in [1.29, 1.82) is 0 Å². The van der Waals surface area contributed by atoms with Gasteiger partial charge in [0.15, 0.2) is 5.16 Å². The van der Waals surface area contributed by atoms with Crippen LogP contribution in [-0.4, -0.2) is 38.9 Å². The minimum Gasteiger partial charge on any atom is -0.491 e. The topological polar surface area (TPSA) is 98.1 Å². The Labute approximate surface area is 185 Å². The molecule has 0 saturated carbocycles. The molecule has 31 heavy (non-hydrogen) atoms. The third-order valence-electron chi connectivity index (χ3n) is 4.30. The molecule has 2 aromatic carbocycles. The van der Waals surface area contributed by atoms with Gasteiger partial charge in [0.05, 0.1) is 18.0 Å². The van der Waals surface area contributed by atoms with E-state index < -0.39 is 0 Å². The van der Waals surface area contributed by atoms with E-state index in [1.807, 2.05) is 25.2 Å². The number of carbonyl (C=O) groups excluding carboxylic acids is 2. The zero-order valence-corrected chi connectivity index (χ0v) is 18.3. The van der Waals surface area contributed by atoms with Crippen molar-refractivity contribution in [2.24, 2.45) is 7.05 Å². The number of hydrogen-bond donors (Lipinski definition) is 2. The number of thioether (sulfide) groups is 1. The van der Waals surface area contributed by atoms with Gasteiger partial charge in [-0.05, 0) is 36.8 Å². The van der Waals surface area contributed by atoms with Gasteiger partial charge in [0.2, 0.25) is 5.91 Å². The molecule has 8 nitrogen and oxygen atoms in total. The number of unbranched alkanes of at least 4 members (excludes halogenated alkanes) is 1. The molecule has 3 rings (SSSR count). The van der Waals surface area contributed by atoms with Crippen LogP contribution in [0.15, 0.2) is 60.0 Å². The van der Waals surface area contributed by atoms with E-state index in [4.69, 9.17) is 4.74 Å². The second-order valence-electron chi connectivity index (χ2n) is 6.79. The molecular formula is C22H25N5O3S. The highest BCUT2D eigenvalue weighted by molar-refractivity contribution is 7.99. The van der Waals surface area contributed by atoms with Crippen LogP contribution in [0, 0.1) is 0 Å². The maximum atomic E-state index is 12.8. The van der Waals surface area contributed by atoms with Crippen molar-refractivity contribution in [2.45, 2.75) is 24.9 Å². The third kappa shape index (κ3) is 6.58. The molecule has 0 aliphatic rings. The summed E-state index contributed by atoms with van der Waals surface area (Å²) in [6, 6.07) is 14.1. The van der Waals surface area contributed by atoms with E-state index in [0.717, 1.165) is 12.8 Å². The van der Waals surface area contributed by atoms with Crippen molar-refractivity contribution < 1.29 is 14.3 Å². The molecule has 0 aliphatic heterocycles. The van der Waals surface area contributed by atoms with Crippen LogP contribution in [0.5, 0.6) is 5.75 Å². The third-order valence-corrected chi connectivity index (χ3v) is 5.34. The van der Waals surface area contributed by atoms with Crippen molar-refractivity contribution in [3.8, 4) is 5.75 Å². The quantitative estimate of drug-likeness (QED) is 0.366. The van der Waals surface area contributed by atoms with Gasteiger partial charge in [0.25, 0.3) is 5.91 Å². The number of para-hydroxylation sites is 2. The Bertz CT molecular complexity index is 1040. The molecule has 0 bridgehead atoms. The summed E-state index contributed by atoms with van der Waals surface area (Å²) in [5.74, 6) is 0.344. The first-order valence-electron chi connectivity index (χ1n) is 9.96. The van der Waals surface area contributed by atoms with Crippen LogP contribution < -0.4 is 15.4 Å². The summed E-state index contributed by atoms with van der Waals surface area (Å²) in [6.45, 7) is 2.69. The lowest BCUT2D eigenvalue weighted by molar-refractivity contribution is -0.113. The Morgan fingerprint density at radius 2 is 1.97 bits per heavy atom. The van der Waals surface area contributed by atoms with Crippen molar-refractivity contribution in [3.63, 3.8) is 0 Å². The lowest BCUT2D eigenvalue weighted by Crippen LogP contribution is -2.16. The Morgan fingerprint density at radius 3 is 2.74 bits per heavy atom. The first kappa shape index (κ1) is 22.4.